The molecule has 3 heteroatoms. The molecule has 0 saturated heterocycles. The Balaban J connectivity index is 0.000000500. The van der Waals surface area contributed by atoms with Gasteiger partial charge >= 0.3 is 0 Å². The molecule has 0 spiro atoms. The topological polar surface area (TPSA) is 15.7 Å². The van der Waals surface area contributed by atoms with Gasteiger partial charge in [-0.2, -0.15) is 0 Å². The van der Waals surface area contributed by atoms with Gasteiger partial charge in [0.2, 0.25) is 0 Å². The normalized spacial score (nSPS) is 13.1. The van der Waals surface area contributed by atoms with Crippen LogP contribution in [0.15, 0.2) is 121 Å². The predicted molar refractivity (Wildman–Crippen MR) is 176 cm³/mol. The van der Waals surface area contributed by atoms with E-state index in [1.807, 2.05) is 36.4 Å². The third-order valence-corrected chi connectivity index (χ3v) is 7.76. The molecule has 0 fully saturated rings. The summed E-state index contributed by atoms with van der Waals surface area (Å²) in [6.07, 6.45) is 4.47. The van der Waals surface area contributed by atoms with E-state index in [2.05, 4.69) is 143 Å². The van der Waals surface area contributed by atoms with Gasteiger partial charge in [-0.25, -0.2) is 0 Å². The molecule has 0 atom stereocenters. The van der Waals surface area contributed by atoms with E-state index in [9.17, 15) is 0 Å². The van der Waals surface area contributed by atoms with Crippen molar-refractivity contribution in [2.75, 3.05) is 38.0 Å². The highest BCUT2D eigenvalue weighted by molar-refractivity contribution is 5.94. The Kier molecular flexibility index (Phi) is 8.16. The highest BCUT2D eigenvalue weighted by atomic mass is 16.5. The molecule has 0 bridgehead atoms. The van der Waals surface area contributed by atoms with Crippen LogP contribution in [0.5, 0.6) is 5.75 Å². The highest BCUT2D eigenvalue weighted by Gasteiger charge is 2.37. The second-order valence-electron chi connectivity index (χ2n) is 11.3. The molecule has 0 aromatic heterocycles. The lowest BCUT2D eigenvalue weighted by Gasteiger charge is -2.37. The lowest BCUT2D eigenvalue weighted by molar-refractivity contribution is 0.161. The van der Waals surface area contributed by atoms with Crippen LogP contribution in [0.25, 0.3) is 16.8 Å². The molecule has 0 radical (unpaired) electrons. The summed E-state index contributed by atoms with van der Waals surface area (Å²) in [5.74, 6) is 1.41. The number of fused-ring (bicyclic) bond motifs is 3. The minimum absolute atomic E-state index is 0.505. The number of anilines is 2. The lowest BCUT2D eigenvalue weighted by atomic mass is 9.83. The van der Waals surface area contributed by atoms with Crippen LogP contribution in [0.2, 0.25) is 0 Å². The van der Waals surface area contributed by atoms with Crippen molar-refractivity contribution in [2.45, 2.75) is 25.4 Å². The van der Waals surface area contributed by atoms with E-state index < -0.39 is 5.60 Å². The molecule has 1 heterocycles. The van der Waals surface area contributed by atoms with Crippen molar-refractivity contribution in [1.29, 1.82) is 0 Å². The Morgan fingerprint density at radius 2 is 1.12 bits per heavy atom. The van der Waals surface area contributed by atoms with Gasteiger partial charge in [0, 0.05) is 56.3 Å². The first kappa shape index (κ1) is 28.0. The standard InChI is InChI=1S/C32H34N2O.C6H6/c1-22(2)23-7-17-29-24(21-23)8-18-31-30(29)19-20-32(35-31,25-9-13-27(14-10-25)33(3)4)26-11-15-28(16-12-26)34(5)6;1-2-4-6-5-3-1/h7-22H,1-6H3;1-6H. The van der Waals surface area contributed by atoms with Gasteiger partial charge < -0.3 is 14.5 Å². The molecule has 208 valence electrons. The zero-order valence-corrected chi connectivity index (χ0v) is 25.0. The summed E-state index contributed by atoms with van der Waals surface area (Å²) in [6, 6.07) is 40.5. The highest BCUT2D eigenvalue weighted by Crippen LogP contribution is 2.45. The van der Waals surface area contributed by atoms with E-state index in [0.29, 0.717) is 5.92 Å². The fraction of sp³-hybridized carbons (Fsp3) is 0.211. The zero-order chi connectivity index (χ0) is 29.0. The second kappa shape index (κ2) is 11.9. The largest absolute Gasteiger partial charge is 0.473 e. The summed E-state index contributed by atoms with van der Waals surface area (Å²) in [7, 11) is 8.25. The first-order valence-electron chi connectivity index (χ1n) is 14.3. The molecule has 0 N–H and O–H groups in total. The van der Waals surface area contributed by atoms with E-state index >= 15 is 0 Å². The van der Waals surface area contributed by atoms with Crippen LogP contribution >= 0.6 is 0 Å². The molecule has 41 heavy (non-hydrogen) atoms. The average molecular weight is 541 g/mol. The quantitative estimate of drug-likeness (QED) is 0.221. The molecule has 0 aliphatic carbocycles. The average Bonchev–Trinajstić information content (AvgIpc) is 3.01. The van der Waals surface area contributed by atoms with Crippen LogP contribution in [0, 0.1) is 0 Å². The van der Waals surface area contributed by atoms with Crippen LogP contribution in [0.4, 0.5) is 11.4 Å². The molecule has 6 rings (SSSR count). The number of ether oxygens (including phenoxy) is 1. The molecule has 3 nitrogen and oxygen atoms in total. The van der Waals surface area contributed by atoms with Gasteiger partial charge in [0.25, 0.3) is 0 Å². The molecular weight excluding hydrogens is 500 g/mol. The van der Waals surface area contributed by atoms with Crippen molar-refractivity contribution in [3.05, 3.63) is 144 Å². The van der Waals surface area contributed by atoms with Gasteiger partial charge in [-0.15, -0.1) is 0 Å². The van der Waals surface area contributed by atoms with E-state index in [4.69, 9.17) is 4.74 Å². The number of hydrogen-bond acceptors (Lipinski definition) is 3. The van der Waals surface area contributed by atoms with E-state index in [1.54, 1.807) is 0 Å². The van der Waals surface area contributed by atoms with Crippen molar-refractivity contribution in [1.82, 2.24) is 0 Å². The van der Waals surface area contributed by atoms with Gasteiger partial charge in [-0.3, -0.25) is 0 Å². The maximum Gasteiger partial charge on any atom is 0.178 e. The van der Waals surface area contributed by atoms with Crippen LogP contribution in [-0.2, 0) is 5.60 Å². The van der Waals surface area contributed by atoms with Crippen molar-refractivity contribution >= 4 is 28.2 Å². The minimum Gasteiger partial charge on any atom is -0.473 e. The maximum absolute atomic E-state index is 6.96. The number of benzene rings is 5. The Bertz CT molecular complexity index is 1540. The van der Waals surface area contributed by atoms with Crippen LogP contribution in [0.1, 0.15) is 42.0 Å². The summed E-state index contributed by atoms with van der Waals surface area (Å²) in [4.78, 5) is 4.24. The fourth-order valence-corrected chi connectivity index (χ4v) is 5.26. The summed E-state index contributed by atoms with van der Waals surface area (Å²) in [5, 5.41) is 2.48. The minimum atomic E-state index is -0.700. The molecule has 0 amide bonds. The molecule has 1 aliphatic heterocycles. The Morgan fingerprint density at radius 3 is 1.59 bits per heavy atom. The Hall–Kier alpha value is -4.50. The van der Waals surface area contributed by atoms with E-state index in [1.165, 1.54) is 27.7 Å². The van der Waals surface area contributed by atoms with Crippen LogP contribution in [0.3, 0.4) is 0 Å². The number of nitrogens with zero attached hydrogens (tertiary/aromatic N) is 2. The molecule has 1 aliphatic rings. The summed E-state index contributed by atoms with van der Waals surface area (Å²) >= 11 is 0. The van der Waals surface area contributed by atoms with Gasteiger partial charge in [-0.1, -0.05) is 98.8 Å². The SMILES string of the molecule is CC(C)c1ccc2c3c(ccc2c1)OC(c1ccc(N(C)C)cc1)(c1ccc(N(C)C)cc1)C=C3.c1ccccc1. The van der Waals surface area contributed by atoms with Gasteiger partial charge in [0.1, 0.15) is 5.75 Å². The third kappa shape index (κ3) is 5.85. The van der Waals surface area contributed by atoms with Crippen molar-refractivity contribution in [3.8, 4) is 5.75 Å². The molecule has 5 aromatic carbocycles. The summed E-state index contributed by atoms with van der Waals surface area (Å²) in [6.45, 7) is 4.47. The number of rotatable bonds is 5. The first-order valence-corrected chi connectivity index (χ1v) is 14.3. The second-order valence-corrected chi connectivity index (χ2v) is 11.3. The van der Waals surface area contributed by atoms with E-state index in [0.717, 1.165) is 22.4 Å². The van der Waals surface area contributed by atoms with Gasteiger partial charge in [0.05, 0.1) is 0 Å². The Morgan fingerprint density at radius 1 is 0.610 bits per heavy atom. The summed E-state index contributed by atoms with van der Waals surface area (Å²) < 4.78 is 6.96. The van der Waals surface area contributed by atoms with Crippen molar-refractivity contribution in [3.63, 3.8) is 0 Å². The molecule has 5 aromatic rings. The van der Waals surface area contributed by atoms with Crippen molar-refractivity contribution < 1.29 is 4.74 Å². The molecular formula is C38H40N2O. The lowest BCUT2D eigenvalue weighted by Crippen LogP contribution is -2.34. The van der Waals surface area contributed by atoms with Crippen LogP contribution in [-0.4, -0.2) is 28.2 Å². The predicted octanol–water partition coefficient (Wildman–Crippen LogP) is 9.13. The smallest absolute Gasteiger partial charge is 0.178 e. The van der Waals surface area contributed by atoms with E-state index in [-0.39, 0.29) is 0 Å². The van der Waals surface area contributed by atoms with Crippen LogP contribution < -0.4 is 14.5 Å². The molecule has 0 saturated carbocycles. The zero-order valence-electron chi connectivity index (χ0n) is 25.0. The fourth-order valence-electron chi connectivity index (χ4n) is 5.26. The number of hydrogen-bond donors (Lipinski definition) is 0. The van der Waals surface area contributed by atoms with Gasteiger partial charge in [0.15, 0.2) is 5.60 Å². The monoisotopic (exact) mass is 540 g/mol. The Labute approximate surface area is 245 Å². The summed E-state index contributed by atoms with van der Waals surface area (Å²) in [5.41, 5.74) is 6.35. The third-order valence-electron chi connectivity index (χ3n) is 7.76. The maximum atomic E-state index is 6.96. The van der Waals surface area contributed by atoms with Crippen molar-refractivity contribution in [2.24, 2.45) is 0 Å². The molecule has 0 unspecified atom stereocenters. The van der Waals surface area contributed by atoms with Gasteiger partial charge in [-0.05, 0) is 64.7 Å². The first-order chi connectivity index (χ1) is 19.8.